The van der Waals surface area contributed by atoms with Gasteiger partial charge in [0.25, 0.3) is 5.91 Å². The first-order chi connectivity index (χ1) is 10.0. The van der Waals surface area contributed by atoms with E-state index in [0.717, 1.165) is 12.8 Å². The van der Waals surface area contributed by atoms with Crippen LogP contribution in [0.4, 0.5) is 5.82 Å². The molecule has 0 aromatic carbocycles. The van der Waals surface area contributed by atoms with Crippen molar-refractivity contribution in [1.29, 1.82) is 0 Å². The van der Waals surface area contributed by atoms with Gasteiger partial charge in [0, 0.05) is 24.6 Å². The van der Waals surface area contributed by atoms with Crippen LogP contribution in [0.1, 0.15) is 23.3 Å². The fraction of sp³-hybridized carbons (Fsp3) is 0.615. The minimum absolute atomic E-state index is 0.0343. The standard InChI is InChI=1S/C13H18N4O4/c1-16-8(4-5-9(16)17(19)20)13(18)15-11-10(14)7-3-2-6-21-12(7)11/h4-5,7,10-12H,2-3,6,14H2,1H3,(H,15,18). The number of fused-ring (bicyclic) bond motifs is 1. The smallest absolute Gasteiger partial charge is 0.323 e. The zero-order valence-corrected chi connectivity index (χ0v) is 11.7. The number of aromatic nitrogens is 1. The van der Waals surface area contributed by atoms with Gasteiger partial charge in [0.2, 0.25) is 0 Å². The average molecular weight is 294 g/mol. The topological polar surface area (TPSA) is 112 Å². The molecule has 2 aliphatic rings. The van der Waals surface area contributed by atoms with Crippen molar-refractivity contribution in [2.24, 2.45) is 18.7 Å². The Morgan fingerprint density at radius 1 is 1.57 bits per heavy atom. The number of amides is 1. The molecule has 1 aliphatic carbocycles. The van der Waals surface area contributed by atoms with E-state index in [0.29, 0.717) is 12.5 Å². The minimum Gasteiger partial charge on any atom is -0.376 e. The second-order valence-corrected chi connectivity index (χ2v) is 5.61. The van der Waals surface area contributed by atoms with E-state index in [4.69, 9.17) is 10.5 Å². The van der Waals surface area contributed by atoms with Crippen LogP contribution in [0.5, 0.6) is 0 Å². The van der Waals surface area contributed by atoms with E-state index in [2.05, 4.69) is 5.32 Å². The number of ether oxygens (including phenoxy) is 1. The summed E-state index contributed by atoms with van der Waals surface area (Å²) in [5, 5.41) is 13.6. The Kier molecular flexibility index (Phi) is 3.42. The second-order valence-electron chi connectivity index (χ2n) is 5.61. The number of hydrogen-bond acceptors (Lipinski definition) is 5. The molecule has 0 radical (unpaired) electrons. The molecule has 0 bridgehead atoms. The Balaban J connectivity index is 1.71. The molecule has 3 rings (SSSR count). The van der Waals surface area contributed by atoms with Gasteiger partial charge < -0.3 is 25.9 Å². The van der Waals surface area contributed by atoms with E-state index in [1.807, 2.05) is 0 Å². The van der Waals surface area contributed by atoms with Crippen LogP contribution < -0.4 is 11.1 Å². The van der Waals surface area contributed by atoms with Gasteiger partial charge in [0.15, 0.2) is 5.69 Å². The molecule has 8 nitrogen and oxygen atoms in total. The zero-order chi connectivity index (χ0) is 15.1. The molecule has 1 saturated heterocycles. The molecule has 1 saturated carbocycles. The van der Waals surface area contributed by atoms with Crippen molar-refractivity contribution in [3.63, 3.8) is 0 Å². The van der Waals surface area contributed by atoms with Crippen LogP contribution in [0.3, 0.4) is 0 Å². The van der Waals surface area contributed by atoms with Gasteiger partial charge in [0.1, 0.15) is 0 Å². The molecule has 1 amide bonds. The lowest BCUT2D eigenvalue weighted by Crippen LogP contribution is -2.72. The number of nitrogens with one attached hydrogen (secondary N) is 1. The Morgan fingerprint density at radius 2 is 2.33 bits per heavy atom. The predicted octanol–water partition coefficient (Wildman–Crippen LogP) is 0.168. The van der Waals surface area contributed by atoms with Gasteiger partial charge >= 0.3 is 5.82 Å². The summed E-state index contributed by atoms with van der Waals surface area (Å²) in [5.41, 5.74) is 6.33. The summed E-state index contributed by atoms with van der Waals surface area (Å²) in [6.45, 7) is 0.690. The van der Waals surface area contributed by atoms with Gasteiger partial charge in [-0.05, 0) is 23.8 Å². The molecule has 1 aromatic heterocycles. The van der Waals surface area contributed by atoms with E-state index in [1.165, 1.54) is 23.7 Å². The lowest BCUT2D eigenvalue weighted by molar-refractivity contribution is -0.391. The van der Waals surface area contributed by atoms with E-state index >= 15 is 0 Å². The van der Waals surface area contributed by atoms with Crippen LogP contribution in [0.15, 0.2) is 12.1 Å². The molecule has 0 spiro atoms. The lowest BCUT2D eigenvalue weighted by atomic mass is 9.68. The van der Waals surface area contributed by atoms with Gasteiger partial charge in [-0.2, -0.15) is 0 Å². The first kappa shape index (κ1) is 14.0. The van der Waals surface area contributed by atoms with Crippen molar-refractivity contribution >= 4 is 11.7 Å². The lowest BCUT2D eigenvalue weighted by Gasteiger charge is -2.52. The van der Waals surface area contributed by atoms with Crippen LogP contribution in [-0.4, -0.2) is 40.2 Å². The highest BCUT2D eigenvalue weighted by atomic mass is 16.6. The van der Waals surface area contributed by atoms with Crippen molar-refractivity contribution in [3.8, 4) is 0 Å². The van der Waals surface area contributed by atoms with Crippen LogP contribution in [0, 0.1) is 16.0 Å². The molecule has 3 N–H and O–H groups in total. The van der Waals surface area contributed by atoms with Crippen molar-refractivity contribution in [2.75, 3.05) is 6.61 Å². The van der Waals surface area contributed by atoms with Crippen LogP contribution in [0.2, 0.25) is 0 Å². The van der Waals surface area contributed by atoms with Crippen LogP contribution in [0.25, 0.3) is 0 Å². The minimum atomic E-state index is -0.522. The molecule has 4 unspecified atom stereocenters. The highest BCUT2D eigenvalue weighted by Gasteiger charge is 2.51. The summed E-state index contributed by atoms with van der Waals surface area (Å²) in [5.74, 6) is -0.185. The number of rotatable bonds is 3. The Labute approximate surface area is 121 Å². The summed E-state index contributed by atoms with van der Waals surface area (Å²) >= 11 is 0. The Bertz CT molecular complexity index is 585. The number of hydrogen-bond donors (Lipinski definition) is 2. The Hall–Kier alpha value is -1.93. The van der Waals surface area contributed by atoms with Crippen LogP contribution in [-0.2, 0) is 11.8 Å². The molecule has 1 aliphatic heterocycles. The van der Waals surface area contributed by atoms with Crippen LogP contribution >= 0.6 is 0 Å². The third-order valence-corrected chi connectivity index (χ3v) is 4.49. The molecule has 21 heavy (non-hydrogen) atoms. The number of nitrogens with two attached hydrogens (primary N) is 1. The normalized spacial score (nSPS) is 31.1. The van der Waals surface area contributed by atoms with Gasteiger partial charge in [-0.15, -0.1) is 0 Å². The number of carbonyl (C=O) groups is 1. The summed E-state index contributed by atoms with van der Waals surface area (Å²) in [6, 6.07) is 2.41. The highest BCUT2D eigenvalue weighted by molar-refractivity contribution is 5.93. The van der Waals surface area contributed by atoms with E-state index in [9.17, 15) is 14.9 Å². The number of nitrogens with zero attached hydrogens (tertiary/aromatic N) is 2. The van der Waals surface area contributed by atoms with Gasteiger partial charge in [-0.3, -0.25) is 4.79 Å². The average Bonchev–Trinajstić information content (AvgIpc) is 2.86. The third kappa shape index (κ3) is 2.20. The SMILES string of the molecule is Cn1c(C(=O)NC2C(N)C3CCCOC32)ccc1[N+](=O)[O-]. The predicted molar refractivity (Wildman–Crippen MR) is 73.8 cm³/mol. The number of carbonyl (C=O) groups excluding carboxylic acids is 1. The quantitative estimate of drug-likeness (QED) is 0.609. The monoisotopic (exact) mass is 294 g/mol. The van der Waals surface area contributed by atoms with E-state index in [1.54, 1.807) is 0 Å². The molecule has 114 valence electrons. The molecule has 4 atom stereocenters. The molecular formula is C13H18N4O4. The molecule has 2 fully saturated rings. The van der Waals surface area contributed by atoms with Gasteiger partial charge in [0.05, 0.1) is 19.2 Å². The fourth-order valence-electron chi connectivity index (χ4n) is 3.26. The van der Waals surface area contributed by atoms with Crippen molar-refractivity contribution in [2.45, 2.75) is 31.0 Å². The molecular weight excluding hydrogens is 276 g/mol. The molecule has 2 heterocycles. The highest BCUT2D eigenvalue weighted by Crippen LogP contribution is 2.37. The van der Waals surface area contributed by atoms with E-state index in [-0.39, 0.29) is 35.6 Å². The molecule has 1 aromatic rings. The molecule has 8 heteroatoms. The summed E-state index contributed by atoms with van der Waals surface area (Å²) in [6.07, 6.45) is 1.99. The third-order valence-electron chi connectivity index (χ3n) is 4.49. The fourth-order valence-corrected chi connectivity index (χ4v) is 3.26. The van der Waals surface area contributed by atoms with Gasteiger partial charge in [-0.25, -0.2) is 4.57 Å². The van der Waals surface area contributed by atoms with Crippen molar-refractivity contribution in [3.05, 3.63) is 27.9 Å². The first-order valence-electron chi connectivity index (χ1n) is 6.99. The summed E-state index contributed by atoms with van der Waals surface area (Å²) < 4.78 is 6.92. The Morgan fingerprint density at radius 3 is 3.00 bits per heavy atom. The summed E-state index contributed by atoms with van der Waals surface area (Å²) in [7, 11) is 1.49. The summed E-state index contributed by atoms with van der Waals surface area (Å²) in [4.78, 5) is 22.5. The van der Waals surface area contributed by atoms with Crippen molar-refractivity contribution in [1.82, 2.24) is 9.88 Å². The largest absolute Gasteiger partial charge is 0.376 e. The van der Waals surface area contributed by atoms with Crippen molar-refractivity contribution < 1.29 is 14.5 Å². The van der Waals surface area contributed by atoms with Gasteiger partial charge in [-0.1, -0.05) is 0 Å². The first-order valence-corrected chi connectivity index (χ1v) is 6.99. The maximum atomic E-state index is 12.3. The zero-order valence-electron chi connectivity index (χ0n) is 11.7. The number of nitro groups is 1. The maximum Gasteiger partial charge on any atom is 0.323 e. The second kappa shape index (κ2) is 5.12. The maximum absolute atomic E-state index is 12.3. The van der Waals surface area contributed by atoms with E-state index < -0.39 is 4.92 Å².